The topological polar surface area (TPSA) is 51.6 Å². The summed E-state index contributed by atoms with van der Waals surface area (Å²) in [6, 6.07) is 61.9. The van der Waals surface area contributed by atoms with Crippen molar-refractivity contribution in [3.05, 3.63) is 193 Å². The van der Waals surface area contributed by atoms with Crippen molar-refractivity contribution in [3.8, 4) is 78.8 Å². The van der Waals surface area contributed by atoms with Crippen LogP contribution in [-0.4, -0.2) is 19.9 Å². The lowest BCUT2D eigenvalue weighted by molar-refractivity contribution is 0.666. The molecule has 1 aliphatic rings. The highest BCUT2D eigenvalue weighted by Gasteiger charge is 2.38. The zero-order chi connectivity index (χ0) is 36.9. The molecule has 4 heteroatoms. The molecule has 2 aromatic heterocycles. The van der Waals surface area contributed by atoms with Crippen LogP contribution >= 0.6 is 0 Å². The van der Waals surface area contributed by atoms with Crippen LogP contribution in [0.3, 0.4) is 0 Å². The Labute approximate surface area is 320 Å². The number of hydrogen-bond acceptors (Lipinski definition) is 4. The first-order valence-corrected chi connectivity index (χ1v) is 18.7. The summed E-state index contributed by atoms with van der Waals surface area (Å²) in [7, 11) is 0. The third-order valence-electron chi connectivity index (χ3n) is 11.0. The van der Waals surface area contributed by atoms with Gasteiger partial charge in [0.25, 0.3) is 0 Å². The van der Waals surface area contributed by atoms with Crippen LogP contribution in [0.1, 0.15) is 25.0 Å². The molecule has 0 amide bonds. The highest BCUT2D eigenvalue weighted by molar-refractivity contribution is 6.01. The molecule has 4 nitrogen and oxygen atoms in total. The van der Waals surface area contributed by atoms with E-state index in [1.807, 2.05) is 54.7 Å². The van der Waals surface area contributed by atoms with Gasteiger partial charge in [0, 0.05) is 33.9 Å². The summed E-state index contributed by atoms with van der Waals surface area (Å²) < 4.78 is 0. The Bertz CT molecular complexity index is 2860. The fraction of sp³-hybridized carbons (Fsp3) is 0.0588. The molecule has 0 N–H and O–H groups in total. The summed E-state index contributed by atoms with van der Waals surface area (Å²) in [6.07, 6.45) is 1.81. The zero-order valence-electron chi connectivity index (χ0n) is 30.6. The molecule has 55 heavy (non-hydrogen) atoms. The number of rotatable bonds is 6. The summed E-state index contributed by atoms with van der Waals surface area (Å²) >= 11 is 0. The van der Waals surface area contributed by atoms with Gasteiger partial charge in [0.05, 0.1) is 5.69 Å². The van der Waals surface area contributed by atoms with Crippen molar-refractivity contribution >= 4 is 10.8 Å². The van der Waals surface area contributed by atoms with Crippen LogP contribution in [0.5, 0.6) is 0 Å². The molecule has 0 fully saturated rings. The van der Waals surface area contributed by atoms with Crippen LogP contribution in [0.25, 0.3) is 89.6 Å². The first-order chi connectivity index (χ1) is 27.0. The molecular weight excluding hydrogens is 669 g/mol. The molecule has 0 aliphatic heterocycles. The van der Waals surface area contributed by atoms with Gasteiger partial charge in [-0.2, -0.15) is 0 Å². The first kappa shape index (κ1) is 32.6. The van der Waals surface area contributed by atoms with E-state index in [4.69, 9.17) is 15.0 Å². The number of nitrogens with zero attached hydrogens (tertiary/aromatic N) is 4. The Morgan fingerprint density at radius 2 is 0.982 bits per heavy atom. The molecular formula is C51H36N4. The van der Waals surface area contributed by atoms with Gasteiger partial charge < -0.3 is 0 Å². The third-order valence-corrected chi connectivity index (χ3v) is 11.0. The lowest BCUT2D eigenvalue weighted by Crippen LogP contribution is -2.15. The minimum atomic E-state index is -0.104. The molecule has 260 valence electrons. The predicted octanol–water partition coefficient (Wildman–Crippen LogP) is 12.7. The fourth-order valence-electron chi connectivity index (χ4n) is 8.24. The van der Waals surface area contributed by atoms with E-state index in [1.165, 1.54) is 44.2 Å². The van der Waals surface area contributed by atoms with Crippen LogP contribution in [0.15, 0.2) is 182 Å². The lowest BCUT2D eigenvalue weighted by Gasteiger charge is -2.23. The minimum absolute atomic E-state index is 0.104. The highest BCUT2D eigenvalue weighted by Crippen LogP contribution is 2.54. The molecule has 1 aliphatic carbocycles. The van der Waals surface area contributed by atoms with Crippen LogP contribution in [0, 0.1) is 0 Å². The van der Waals surface area contributed by atoms with Gasteiger partial charge >= 0.3 is 0 Å². The summed E-state index contributed by atoms with van der Waals surface area (Å²) in [4.78, 5) is 19.4. The number of pyridine rings is 1. The quantitative estimate of drug-likeness (QED) is 0.173. The van der Waals surface area contributed by atoms with Crippen molar-refractivity contribution < 1.29 is 0 Å². The zero-order valence-corrected chi connectivity index (χ0v) is 30.6. The predicted molar refractivity (Wildman–Crippen MR) is 225 cm³/mol. The second-order valence-corrected chi connectivity index (χ2v) is 14.7. The second-order valence-electron chi connectivity index (χ2n) is 14.7. The molecule has 2 heterocycles. The second kappa shape index (κ2) is 13.1. The van der Waals surface area contributed by atoms with Crippen LogP contribution in [-0.2, 0) is 5.41 Å². The Balaban J connectivity index is 1.01. The monoisotopic (exact) mass is 704 g/mol. The van der Waals surface area contributed by atoms with Crippen molar-refractivity contribution in [2.75, 3.05) is 0 Å². The molecule has 0 radical (unpaired) electrons. The van der Waals surface area contributed by atoms with Gasteiger partial charge in [-0.3, -0.25) is 4.98 Å². The van der Waals surface area contributed by atoms with Crippen molar-refractivity contribution in [1.82, 2.24) is 19.9 Å². The summed E-state index contributed by atoms with van der Waals surface area (Å²) in [6.45, 7) is 4.73. The summed E-state index contributed by atoms with van der Waals surface area (Å²) in [5.74, 6) is 1.90. The first-order valence-electron chi connectivity index (χ1n) is 18.7. The normalized spacial score (nSPS) is 12.7. The Morgan fingerprint density at radius 3 is 1.69 bits per heavy atom. The van der Waals surface area contributed by atoms with E-state index in [0.29, 0.717) is 17.5 Å². The van der Waals surface area contributed by atoms with E-state index in [0.717, 1.165) is 39.1 Å². The Kier molecular flexibility index (Phi) is 7.77. The van der Waals surface area contributed by atoms with E-state index < -0.39 is 0 Å². The van der Waals surface area contributed by atoms with Gasteiger partial charge in [-0.15, -0.1) is 0 Å². The van der Waals surface area contributed by atoms with E-state index >= 15 is 0 Å². The maximum absolute atomic E-state index is 5.00. The van der Waals surface area contributed by atoms with Crippen LogP contribution in [0.4, 0.5) is 0 Å². The van der Waals surface area contributed by atoms with Crippen LogP contribution in [0.2, 0.25) is 0 Å². The fourth-order valence-corrected chi connectivity index (χ4v) is 8.24. The van der Waals surface area contributed by atoms with Gasteiger partial charge in [-0.25, -0.2) is 15.0 Å². The molecule has 0 unspecified atom stereocenters. The molecule has 10 rings (SSSR count). The highest BCUT2D eigenvalue weighted by atomic mass is 15.0. The lowest BCUT2D eigenvalue weighted by atomic mass is 9.80. The average molecular weight is 705 g/mol. The number of benzene rings is 7. The van der Waals surface area contributed by atoms with Crippen molar-refractivity contribution in [2.45, 2.75) is 19.3 Å². The number of fused-ring (bicyclic) bond motifs is 5. The average Bonchev–Trinajstić information content (AvgIpc) is 3.50. The maximum Gasteiger partial charge on any atom is 0.164 e. The van der Waals surface area contributed by atoms with E-state index in [9.17, 15) is 0 Å². The molecule has 9 aromatic rings. The molecule has 0 spiro atoms. The molecule has 0 bridgehead atoms. The molecule has 0 saturated heterocycles. The van der Waals surface area contributed by atoms with Crippen molar-refractivity contribution in [2.24, 2.45) is 0 Å². The van der Waals surface area contributed by atoms with Gasteiger partial charge in [0.15, 0.2) is 17.5 Å². The van der Waals surface area contributed by atoms with E-state index in [1.54, 1.807) is 0 Å². The molecule has 7 aromatic carbocycles. The van der Waals surface area contributed by atoms with Gasteiger partial charge in [-0.05, 0) is 73.5 Å². The maximum atomic E-state index is 5.00. The van der Waals surface area contributed by atoms with Gasteiger partial charge in [-0.1, -0.05) is 172 Å². The Hall–Kier alpha value is -7.04. The standard InChI is InChI=1S/C51H36N4/c1-51(2)44-19-11-18-41(46(44)43-30-29-34-12-6-7-17-42(34)47(43)51)40-16-10-15-39(32-40)33-21-25-37(26-22-33)49-53-48(36-13-4-3-5-14-36)54-50(55-49)38-27-23-35(24-28-38)45-20-8-9-31-52-45/h3-32H,1-2H3. The number of hydrogen-bond donors (Lipinski definition) is 0. The van der Waals surface area contributed by atoms with E-state index in [-0.39, 0.29) is 5.41 Å². The van der Waals surface area contributed by atoms with E-state index in [2.05, 4.69) is 146 Å². The van der Waals surface area contributed by atoms with Gasteiger partial charge in [0.2, 0.25) is 0 Å². The summed E-state index contributed by atoms with van der Waals surface area (Å²) in [5, 5.41) is 2.62. The van der Waals surface area contributed by atoms with Crippen LogP contribution < -0.4 is 0 Å². The molecule has 0 atom stereocenters. The Morgan fingerprint density at radius 1 is 0.400 bits per heavy atom. The third kappa shape index (κ3) is 5.71. The smallest absolute Gasteiger partial charge is 0.164 e. The SMILES string of the molecule is CC1(C)c2cccc(-c3cccc(-c4ccc(-c5nc(-c6ccccc6)nc(-c6ccc(-c7ccccn7)cc6)n5)cc4)c3)c2-c2ccc3ccccc3c21. The van der Waals surface area contributed by atoms with Gasteiger partial charge in [0.1, 0.15) is 0 Å². The van der Waals surface area contributed by atoms with Crippen molar-refractivity contribution in [1.29, 1.82) is 0 Å². The minimum Gasteiger partial charge on any atom is -0.256 e. The number of aromatic nitrogens is 4. The largest absolute Gasteiger partial charge is 0.256 e. The summed E-state index contributed by atoms with van der Waals surface area (Å²) in [5.41, 5.74) is 14.9. The molecule has 0 saturated carbocycles. The van der Waals surface area contributed by atoms with Crippen molar-refractivity contribution in [3.63, 3.8) is 0 Å².